The number of nitrogens with zero attached hydrogens (tertiary/aromatic N) is 1. The SMILES string of the molecule is [CH3-].[Cl][Ru+3].[NH-]C(c1ccccc1)C([N-]S(=O)(=O)Cc1c2ccccc2cc2ccccc12)c1ccccc1. The first-order valence-corrected chi connectivity index (χ1v) is 15.1. The van der Waals surface area contributed by atoms with Crippen molar-refractivity contribution in [2.24, 2.45) is 0 Å². The summed E-state index contributed by atoms with van der Waals surface area (Å²) in [4.78, 5) is 0. The first-order chi connectivity index (χ1) is 17.5. The Bertz CT molecular complexity index is 1490. The molecule has 0 aliphatic heterocycles. The van der Waals surface area contributed by atoms with Crippen LogP contribution in [-0.4, -0.2) is 8.42 Å². The number of nitrogens with one attached hydrogen (secondary N) is 1. The molecule has 5 rings (SSSR count). The van der Waals surface area contributed by atoms with E-state index in [1.807, 2.05) is 127 Å². The minimum absolute atomic E-state index is 0. The van der Waals surface area contributed by atoms with Gasteiger partial charge in [-0.25, -0.2) is 8.42 Å². The van der Waals surface area contributed by atoms with Gasteiger partial charge in [-0.15, -0.1) is 12.1 Å². The van der Waals surface area contributed by atoms with Gasteiger partial charge in [-0.2, -0.15) is 0 Å². The molecule has 0 aromatic heterocycles. The Kier molecular flexibility index (Phi) is 10.4. The van der Waals surface area contributed by atoms with Crippen LogP contribution in [-0.2, 0) is 33.1 Å². The minimum Gasteiger partial charge on any atom is -0.672 e. The number of hydrogen-bond acceptors (Lipinski definition) is 2. The van der Waals surface area contributed by atoms with Crippen molar-refractivity contribution in [1.82, 2.24) is 0 Å². The van der Waals surface area contributed by atoms with Gasteiger partial charge < -0.3 is 17.9 Å². The summed E-state index contributed by atoms with van der Waals surface area (Å²) in [5.74, 6) is -0.223. The molecule has 0 heterocycles. The molecule has 0 aliphatic carbocycles. The fraction of sp³-hybridized carbons (Fsp3) is 0.100. The molecule has 0 fully saturated rings. The van der Waals surface area contributed by atoms with Crippen molar-refractivity contribution in [2.45, 2.75) is 17.8 Å². The van der Waals surface area contributed by atoms with E-state index in [0.29, 0.717) is 5.56 Å². The van der Waals surface area contributed by atoms with Crippen molar-refractivity contribution < 1.29 is 25.7 Å². The van der Waals surface area contributed by atoms with Crippen LogP contribution in [0.4, 0.5) is 0 Å². The van der Waals surface area contributed by atoms with E-state index in [2.05, 4.69) is 20.5 Å². The van der Waals surface area contributed by atoms with Gasteiger partial charge in [-0.1, -0.05) is 120 Å². The van der Waals surface area contributed by atoms with Crippen molar-refractivity contribution in [2.75, 3.05) is 0 Å². The average molecular weight is 616 g/mol. The molecule has 7 heteroatoms. The van der Waals surface area contributed by atoms with Crippen molar-refractivity contribution in [3.8, 4) is 0 Å². The predicted molar refractivity (Wildman–Crippen MR) is 152 cm³/mol. The van der Waals surface area contributed by atoms with E-state index in [-0.39, 0.29) is 13.2 Å². The molecule has 0 spiro atoms. The third kappa shape index (κ3) is 6.84. The van der Waals surface area contributed by atoms with Crippen molar-refractivity contribution in [3.05, 3.63) is 150 Å². The number of fused-ring (bicyclic) bond motifs is 2. The fourth-order valence-electron chi connectivity index (χ4n) is 4.46. The van der Waals surface area contributed by atoms with Crippen LogP contribution in [0.5, 0.6) is 0 Å². The van der Waals surface area contributed by atoms with Crippen molar-refractivity contribution in [1.29, 1.82) is 0 Å². The van der Waals surface area contributed by atoms with Crippen LogP contribution in [0, 0.1) is 7.43 Å². The molecule has 37 heavy (non-hydrogen) atoms. The number of hydrogen-bond donors (Lipinski definition) is 0. The molecule has 0 amide bonds. The van der Waals surface area contributed by atoms with Crippen LogP contribution in [0.15, 0.2) is 115 Å². The Balaban J connectivity index is 0.00000124. The summed E-state index contributed by atoms with van der Waals surface area (Å²) >= 11 is 1.82. The van der Waals surface area contributed by atoms with Crippen LogP contribution >= 0.6 is 9.69 Å². The fourth-order valence-corrected chi connectivity index (χ4v) is 5.80. The first kappa shape index (κ1) is 29.0. The number of sulfonamides is 1. The average Bonchev–Trinajstić information content (AvgIpc) is 2.93. The molecule has 190 valence electrons. The van der Waals surface area contributed by atoms with Crippen LogP contribution in [0.3, 0.4) is 0 Å². The molecule has 0 aliphatic rings. The van der Waals surface area contributed by atoms with Gasteiger partial charge in [-0.3, -0.25) is 0 Å². The molecule has 1 N–H and O–H groups in total. The quantitative estimate of drug-likeness (QED) is 0.104. The zero-order chi connectivity index (χ0) is 25.5. The first-order valence-electron chi connectivity index (χ1n) is 11.3. The van der Waals surface area contributed by atoms with E-state index in [9.17, 15) is 8.42 Å². The molecular formula is C30H27ClN2O2RuS. The van der Waals surface area contributed by atoms with E-state index in [1.165, 1.54) is 0 Å². The zero-order valence-corrected chi connectivity index (χ0v) is 23.5. The van der Waals surface area contributed by atoms with Crippen molar-refractivity contribution in [3.63, 3.8) is 0 Å². The summed E-state index contributed by atoms with van der Waals surface area (Å²) in [7, 11) is 0.656. The Morgan fingerprint density at radius 1 is 0.703 bits per heavy atom. The summed E-state index contributed by atoms with van der Waals surface area (Å²) in [5, 5.41) is 3.80. The molecule has 2 unspecified atom stereocenters. The molecule has 0 saturated heterocycles. The molecule has 4 nitrogen and oxygen atoms in total. The minimum atomic E-state index is -3.91. The Morgan fingerprint density at radius 2 is 1.14 bits per heavy atom. The molecule has 5 aromatic rings. The third-order valence-corrected chi connectivity index (χ3v) is 7.30. The van der Waals surface area contributed by atoms with Gasteiger partial charge in [0.2, 0.25) is 0 Å². The van der Waals surface area contributed by atoms with E-state index in [4.69, 9.17) is 5.73 Å². The standard InChI is InChI=1S/C29H24N2O2S.CH3.ClH.Ru/c30-28(21-11-3-1-4-12-21)29(22-13-5-2-6-14-22)31-34(32,33)20-27-25-17-9-7-15-23(25)19-24-16-8-10-18-26(24)27;;;/h1-19,28-30H,20H2;1H3;1H;/q-2;-1;;+4/p-1. The molecule has 0 bridgehead atoms. The Hall–Kier alpha value is -2.60. The number of rotatable bonds is 7. The van der Waals surface area contributed by atoms with Crippen LogP contribution < -0.4 is 0 Å². The second-order valence-electron chi connectivity index (χ2n) is 8.37. The predicted octanol–water partition coefficient (Wildman–Crippen LogP) is 8.87. The topological polar surface area (TPSA) is 72.0 Å². The van der Waals surface area contributed by atoms with Crippen LogP contribution in [0.2, 0.25) is 0 Å². The monoisotopic (exact) mass is 616 g/mol. The maximum absolute atomic E-state index is 13.6. The normalized spacial score (nSPS) is 12.7. The van der Waals surface area contributed by atoms with E-state index < -0.39 is 22.1 Å². The van der Waals surface area contributed by atoms with Gasteiger partial charge in [0.15, 0.2) is 0 Å². The van der Waals surface area contributed by atoms with Gasteiger partial charge in [0, 0.05) is 0 Å². The maximum atomic E-state index is 13.6. The second-order valence-corrected chi connectivity index (χ2v) is 10.0. The molecule has 5 aromatic carbocycles. The van der Waals surface area contributed by atoms with Gasteiger partial charge in [0.05, 0.1) is 15.8 Å². The Labute approximate surface area is 233 Å². The summed E-state index contributed by atoms with van der Waals surface area (Å²) in [6.45, 7) is 0. The summed E-state index contributed by atoms with van der Waals surface area (Å²) in [6, 6.07) is 34.6. The van der Waals surface area contributed by atoms with Gasteiger partial charge in [0.25, 0.3) is 0 Å². The van der Waals surface area contributed by atoms with Gasteiger partial charge in [0.1, 0.15) is 0 Å². The second kappa shape index (κ2) is 13.3. The van der Waals surface area contributed by atoms with E-state index >= 15 is 0 Å². The van der Waals surface area contributed by atoms with Crippen LogP contribution in [0.1, 0.15) is 28.8 Å². The summed E-state index contributed by atoms with van der Waals surface area (Å²) < 4.78 is 31.5. The molecule has 0 radical (unpaired) electrons. The number of benzene rings is 5. The van der Waals surface area contributed by atoms with E-state index in [0.717, 1.165) is 32.7 Å². The molecule has 0 saturated carbocycles. The molecular weight excluding hydrogens is 589 g/mol. The van der Waals surface area contributed by atoms with Crippen LogP contribution in [0.25, 0.3) is 32.0 Å². The van der Waals surface area contributed by atoms with Gasteiger partial charge in [-0.05, 0) is 33.2 Å². The third-order valence-electron chi connectivity index (χ3n) is 6.10. The van der Waals surface area contributed by atoms with Gasteiger partial charge >= 0.3 is 27.0 Å². The number of halogens is 1. The van der Waals surface area contributed by atoms with E-state index in [1.54, 1.807) is 0 Å². The maximum Gasteiger partial charge on any atom is 0.0768 e. The zero-order valence-electron chi connectivity index (χ0n) is 20.2. The summed E-state index contributed by atoms with van der Waals surface area (Å²) in [5.41, 5.74) is 11.0. The Morgan fingerprint density at radius 3 is 1.65 bits per heavy atom. The molecule has 2 atom stereocenters. The van der Waals surface area contributed by atoms with Crippen molar-refractivity contribution >= 4 is 41.3 Å². The largest absolute Gasteiger partial charge is 0.672 e. The smallest absolute Gasteiger partial charge is 0.0768 e. The summed E-state index contributed by atoms with van der Waals surface area (Å²) in [6.07, 6.45) is 0.